The number of hydrogen-bond donors (Lipinski definition) is 0. The first-order valence-corrected chi connectivity index (χ1v) is 4.93. The minimum Gasteiger partial charge on any atom is -0.399 e. The van der Waals surface area contributed by atoms with Crippen LogP contribution < -0.4 is 0 Å². The van der Waals surface area contributed by atoms with Crippen LogP contribution in [0.3, 0.4) is 0 Å². The summed E-state index contributed by atoms with van der Waals surface area (Å²) in [6.07, 6.45) is 1.27. The maximum absolute atomic E-state index is 11.4. The monoisotopic (exact) mass is 203 g/mol. The molecule has 0 aromatic heterocycles. The number of fused-ring (bicyclic) bond motifs is 1. The van der Waals surface area contributed by atoms with E-state index in [4.69, 9.17) is 4.84 Å². The van der Waals surface area contributed by atoms with Gasteiger partial charge in [0, 0.05) is 18.4 Å². The van der Waals surface area contributed by atoms with Crippen molar-refractivity contribution in [1.82, 2.24) is 0 Å². The summed E-state index contributed by atoms with van der Waals surface area (Å²) in [5, 5.41) is 3.85. The lowest BCUT2D eigenvalue weighted by Crippen LogP contribution is -2.22. The summed E-state index contributed by atoms with van der Waals surface area (Å²) in [6.45, 7) is 1.89. The number of rotatable bonds is 3. The molecule has 1 aromatic rings. The van der Waals surface area contributed by atoms with Crippen LogP contribution in [-0.4, -0.2) is 18.6 Å². The second-order valence-electron chi connectivity index (χ2n) is 3.74. The highest BCUT2D eigenvalue weighted by molar-refractivity contribution is 6.08. The lowest BCUT2D eigenvalue weighted by molar-refractivity contribution is 0.0967. The van der Waals surface area contributed by atoms with Gasteiger partial charge in [-0.25, -0.2) is 0 Å². The fourth-order valence-corrected chi connectivity index (χ4v) is 1.92. The van der Waals surface area contributed by atoms with Crippen LogP contribution >= 0.6 is 0 Å². The van der Waals surface area contributed by atoms with E-state index in [-0.39, 0.29) is 5.78 Å². The minimum atomic E-state index is 0.241. The van der Waals surface area contributed by atoms with Gasteiger partial charge in [0.05, 0.1) is 5.71 Å². The van der Waals surface area contributed by atoms with Gasteiger partial charge in [-0.15, -0.1) is 0 Å². The zero-order valence-electron chi connectivity index (χ0n) is 8.91. The molecule has 0 heterocycles. The first-order valence-electron chi connectivity index (χ1n) is 4.93. The molecular formula is C12H13NO2. The summed E-state index contributed by atoms with van der Waals surface area (Å²) in [5.41, 5.74) is 3.98. The van der Waals surface area contributed by atoms with Gasteiger partial charge in [-0.1, -0.05) is 23.4 Å². The van der Waals surface area contributed by atoms with E-state index in [1.54, 1.807) is 0 Å². The van der Waals surface area contributed by atoms with Gasteiger partial charge >= 0.3 is 0 Å². The highest BCUT2D eigenvalue weighted by Gasteiger charge is 2.25. The van der Waals surface area contributed by atoms with Gasteiger partial charge in [0.15, 0.2) is 5.78 Å². The van der Waals surface area contributed by atoms with Crippen molar-refractivity contribution in [3.05, 3.63) is 34.9 Å². The van der Waals surface area contributed by atoms with Gasteiger partial charge in [0.1, 0.15) is 7.11 Å². The van der Waals surface area contributed by atoms with E-state index in [2.05, 4.69) is 5.16 Å². The van der Waals surface area contributed by atoms with E-state index in [1.165, 1.54) is 7.11 Å². The number of Topliss-reactive ketones (excluding diaryl/α,β-unsaturated/α-hetero) is 1. The molecule has 2 rings (SSSR count). The first kappa shape index (κ1) is 9.90. The summed E-state index contributed by atoms with van der Waals surface area (Å²) in [5.74, 6) is 0.241. The predicted octanol–water partition coefficient (Wildman–Crippen LogP) is 1.99. The standard InChI is InChI=1S/C12H13NO2/c1-8(13-15-2)6-9-4-3-5-10-7-11(14)12(9)10/h3-5H,6-7H2,1-2H3/b13-8+. The van der Waals surface area contributed by atoms with Crippen LogP contribution in [0.4, 0.5) is 0 Å². The lowest BCUT2D eigenvalue weighted by Gasteiger charge is -2.20. The number of nitrogens with zero attached hydrogens (tertiary/aromatic N) is 1. The van der Waals surface area contributed by atoms with Crippen LogP contribution in [-0.2, 0) is 17.7 Å². The number of carbonyl (C=O) groups is 1. The third kappa shape index (κ3) is 1.77. The largest absolute Gasteiger partial charge is 0.399 e. The topological polar surface area (TPSA) is 38.7 Å². The number of hydrogen-bond acceptors (Lipinski definition) is 3. The Morgan fingerprint density at radius 1 is 1.53 bits per heavy atom. The summed E-state index contributed by atoms with van der Waals surface area (Å²) >= 11 is 0. The molecule has 78 valence electrons. The minimum absolute atomic E-state index is 0.241. The van der Waals surface area contributed by atoms with Crippen molar-refractivity contribution in [3.8, 4) is 0 Å². The Kier molecular flexibility index (Phi) is 2.54. The summed E-state index contributed by atoms with van der Waals surface area (Å²) in [4.78, 5) is 16.1. The van der Waals surface area contributed by atoms with Crippen LogP contribution in [0.2, 0.25) is 0 Å². The van der Waals surface area contributed by atoms with Crippen molar-refractivity contribution in [3.63, 3.8) is 0 Å². The molecule has 1 aromatic carbocycles. The van der Waals surface area contributed by atoms with E-state index in [0.29, 0.717) is 12.8 Å². The molecule has 1 aliphatic carbocycles. The first-order chi connectivity index (χ1) is 7.22. The van der Waals surface area contributed by atoms with Crippen LogP contribution in [0, 0.1) is 0 Å². The summed E-state index contributed by atoms with van der Waals surface area (Å²) in [7, 11) is 1.53. The Hall–Kier alpha value is -1.64. The molecule has 0 aliphatic heterocycles. The van der Waals surface area contributed by atoms with Gasteiger partial charge < -0.3 is 4.84 Å². The Morgan fingerprint density at radius 2 is 2.33 bits per heavy atom. The summed E-state index contributed by atoms with van der Waals surface area (Å²) < 4.78 is 0. The Bertz CT molecular complexity index is 435. The predicted molar refractivity (Wildman–Crippen MR) is 58.3 cm³/mol. The van der Waals surface area contributed by atoms with E-state index < -0.39 is 0 Å². The fourth-order valence-electron chi connectivity index (χ4n) is 1.92. The average molecular weight is 203 g/mol. The van der Waals surface area contributed by atoms with Crippen LogP contribution in [0.1, 0.15) is 28.4 Å². The van der Waals surface area contributed by atoms with Crippen molar-refractivity contribution in [2.24, 2.45) is 5.16 Å². The van der Waals surface area contributed by atoms with Crippen molar-refractivity contribution in [2.45, 2.75) is 19.8 Å². The van der Waals surface area contributed by atoms with Gasteiger partial charge in [-0.05, 0) is 18.1 Å². The molecule has 0 bridgehead atoms. The maximum atomic E-state index is 11.4. The number of oxime groups is 1. The molecule has 0 saturated carbocycles. The summed E-state index contributed by atoms with van der Waals surface area (Å²) in [6, 6.07) is 5.97. The number of ketones is 1. The van der Waals surface area contributed by atoms with Crippen molar-refractivity contribution < 1.29 is 9.63 Å². The fraction of sp³-hybridized carbons (Fsp3) is 0.333. The highest BCUT2D eigenvalue weighted by Crippen LogP contribution is 2.26. The van der Waals surface area contributed by atoms with Gasteiger partial charge in [-0.3, -0.25) is 4.79 Å². The van der Waals surface area contributed by atoms with E-state index in [0.717, 1.165) is 22.4 Å². The Morgan fingerprint density at radius 3 is 3.00 bits per heavy atom. The zero-order valence-corrected chi connectivity index (χ0v) is 8.91. The molecule has 0 atom stereocenters. The quantitative estimate of drug-likeness (QED) is 0.556. The maximum Gasteiger partial charge on any atom is 0.167 e. The normalized spacial score (nSPS) is 14.5. The molecule has 3 nitrogen and oxygen atoms in total. The SMILES string of the molecule is CO/N=C(\C)Cc1cccc2c1C(=O)C2. The third-order valence-corrected chi connectivity index (χ3v) is 2.56. The molecule has 0 radical (unpaired) electrons. The molecular weight excluding hydrogens is 190 g/mol. The molecule has 0 fully saturated rings. The van der Waals surface area contributed by atoms with E-state index >= 15 is 0 Å². The highest BCUT2D eigenvalue weighted by atomic mass is 16.6. The van der Waals surface area contributed by atoms with E-state index in [9.17, 15) is 4.79 Å². The third-order valence-electron chi connectivity index (χ3n) is 2.56. The zero-order chi connectivity index (χ0) is 10.8. The Labute approximate surface area is 88.7 Å². The molecule has 0 unspecified atom stereocenters. The second-order valence-corrected chi connectivity index (χ2v) is 3.74. The second kappa shape index (κ2) is 3.85. The average Bonchev–Trinajstić information content (AvgIpc) is 2.16. The van der Waals surface area contributed by atoms with E-state index in [1.807, 2.05) is 25.1 Å². The smallest absolute Gasteiger partial charge is 0.167 e. The van der Waals surface area contributed by atoms with Crippen molar-refractivity contribution in [1.29, 1.82) is 0 Å². The van der Waals surface area contributed by atoms with Gasteiger partial charge in [-0.2, -0.15) is 0 Å². The van der Waals surface area contributed by atoms with Crippen LogP contribution in [0.25, 0.3) is 0 Å². The van der Waals surface area contributed by atoms with Crippen molar-refractivity contribution in [2.75, 3.05) is 7.11 Å². The molecule has 1 aliphatic rings. The molecule has 0 spiro atoms. The number of benzene rings is 1. The molecule has 0 N–H and O–H groups in total. The molecule has 3 heteroatoms. The van der Waals surface area contributed by atoms with Crippen LogP contribution in [0.5, 0.6) is 0 Å². The number of carbonyl (C=O) groups excluding carboxylic acids is 1. The molecule has 0 amide bonds. The molecule has 15 heavy (non-hydrogen) atoms. The molecule has 0 saturated heterocycles. The Balaban J connectivity index is 2.27. The van der Waals surface area contributed by atoms with Crippen LogP contribution in [0.15, 0.2) is 23.4 Å². The van der Waals surface area contributed by atoms with Gasteiger partial charge in [0.25, 0.3) is 0 Å². The lowest BCUT2D eigenvalue weighted by atomic mass is 9.82. The van der Waals surface area contributed by atoms with Crippen molar-refractivity contribution >= 4 is 11.5 Å². The van der Waals surface area contributed by atoms with Gasteiger partial charge in [0.2, 0.25) is 0 Å².